The number of thioether (sulfide) groups is 1. The van der Waals surface area contributed by atoms with Gasteiger partial charge in [0, 0.05) is 33.3 Å². The van der Waals surface area contributed by atoms with Gasteiger partial charge < -0.3 is 9.47 Å². The van der Waals surface area contributed by atoms with Gasteiger partial charge in [-0.3, -0.25) is 4.57 Å². The fraction of sp³-hybridized carbons (Fsp3) is 0.174. The topological polar surface area (TPSA) is 62.1 Å². The van der Waals surface area contributed by atoms with Crippen molar-refractivity contribution in [2.75, 3.05) is 14.2 Å². The molecule has 0 saturated carbocycles. The van der Waals surface area contributed by atoms with Crippen molar-refractivity contribution in [1.82, 2.24) is 19.7 Å². The summed E-state index contributed by atoms with van der Waals surface area (Å²) in [5, 5.41) is 13.6. The molecule has 33 heavy (non-hydrogen) atoms. The molecule has 0 radical (unpaired) electrons. The van der Waals surface area contributed by atoms with Crippen molar-refractivity contribution in [3.05, 3.63) is 70.0 Å². The highest BCUT2D eigenvalue weighted by Gasteiger charge is 2.18. The van der Waals surface area contributed by atoms with Crippen LogP contribution in [0.15, 0.2) is 59.6 Å². The van der Waals surface area contributed by atoms with Crippen LogP contribution in [0.2, 0.25) is 10.0 Å². The van der Waals surface area contributed by atoms with Crippen LogP contribution in [0.1, 0.15) is 5.56 Å². The first-order chi connectivity index (χ1) is 16.0. The zero-order valence-electron chi connectivity index (χ0n) is 17.9. The van der Waals surface area contributed by atoms with Crippen LogP contribution < -0.4 is 9.47 Å². The van der Waals surface area contributed by atoms with Crippen molar-refractivity contribution in [3.63, 3.8) is 0 Å². The molecule has 4 aromatic rings. The molecular weight excluding hydrogens is 499 g/mol. The number of benzene rings is 2. The Balaban J connectivity index is 1.62. The van der Waals surface area contributed by atoms with E-state index in [0.29, 0.717) is 39.7 Å². The summed E-state index contributed by atoms with van der Waals surface area (Å²) in [7, 11) is 3.22. The molecule has 10 heteroatoms. The Kier molecular flexibility index (Phi) is 7.60. The minimum atomic E-state index is 0.546. The van der Waals surface area contributed by atoms with E-state index in [9.17, 15) is 0 Å². The summed E-state index contributed by atoms with van der Waals surface area (Å²) >= 11 is 15.7. The van der Waals surface area contributed by atoms with Crippen molar-refractivity contribution in [2.24, 2.45) is 0 Å². The van der Waals surface area contributed by atoms with Crippen molar-refractivity contribution in [2.45, 2.75) is 17.5 Å². The Morgan fingerprint density at radius 2 is 1.85 bits per heavy atom. The number of rotatable bonds is 9. The maximum Gasteiger partial charge on any atom is 0.192 e. The molecule has 170 valence electrons. The van der Waals surface area contributed by atoms with Crippen molar-refractivity contribution >= 4 is 46.3 Å². The highest BCUT2D eigenvalue weighted by molar-refractivity contribution is 7.98. The Morgan fingerprint density at radius 1 is 1.09 bits per heavy atom. The highest BCUT2D eigenvalue weighted by Crippen LogP contribution is 2.36. The van der Waals surface area contributed by atoms with Crippen LogP contribution in [0.5, 0.6) is 11.5 Å². The maximum atomic E-state index is 6.32. The second kappa shape index (κ2) is 10.6. The van der Waals surface area contributed by atoms with E-state index >= 15 is 0 Å². The van der Waals surface area contributed by atoms with Gasteiger partial charge in [-0.1, -0.05) is 47.1 Å². The summed E-state index contributed by atoms with van der Waals surface area (Å²) in [4.78, 5) is 4.80. The number of allylic oxidation sites excluding steroid dienone is 1. The Labute approximate surface area is 210 Å². The molecule has 2 aromatic heterocycles. The summed E-state index contributed by atoms with van der Waals surface area (Å²) in [6.07, 6.45) is 1.81. The van der Waals surface area contributed by atoms with Gasteiger partial charge in [0.2, 0.25) is 0 Å². The van der Waals surface area contributed by atoms with Gasteiger partial charge in [0.25, 0.3) is 0 Å². The van der Waals surface area contributed by atoms with E-state index in [1.165, 1.54) is 23.1 Å². The molecule has 4 rings (SSSR count). The van der Waals surface area contributed by atoms with Gasteiger partial charge in [0.15, 0.2) is 22.5 Å². The first-order valence-electron chi connectivity index (χ1n) is 9.83. The number of hydrogen-bond acceptors (Lipinski definition) is 7. The third-order valence-corrected chi connectivity index (χ3v) is 7.39. The summed E-state index contributed by atoms with van der Waals surface area (Å²) in [6, 6.07) is 11.2. The van der Waals surface area contributed by atoms with Gasteiger partial charge in [-0.2, -0.15) is 0 Å². The molecule has 0 aliphatic rings. The van der Waals surface area contributed by atoms with Crippen LogP contribution in [0.25, 0.3) is 22.1 Å². The van der Waals surface area contributed by atoms with Crippen molar-refractivity contribution < 1.29 is 9.47 Å². The molecule has 0 atom stereocenters. The first kappa shape index (κ1) is 23.6. The van der Waals surface area contributed by atoms with E-state index < -0.39 is 0 Å². The number of methoxy groups -OCH3 is 2. The van der Waals surface area contributed by atoms with Gasteiger partial charge in [0.05, 0.1) is 14.2 Å². The lowest BCUT2D eigenvalue weighted by atomic mass is 10.2. The van der Waals surface area contributed by atoms with E-state index in [2.05, 4.69) is 16.8 Å². The first-order valence-corrected chi connectivity index (χ1v) is 12.5. The van der Waals surface area contributed by atoms with Gasteiger partial charge in [-0.25, -0.2) is 4.98 Å². The van der Waals surface area contributed by atoms with E-state index in [1.807, 2.05) is 46.3 Å². The lowest BCUT2D eigenvalue weighted by Crippen LogP contribution is -2.01. The van der Waals surface area contributed by atoms with Crippen LogP contribution in [0.4, 0.5) is 0 Å². The highest BCUT2D eigenvalue weighted by atomic mass is 35.5. The molecule has 0 unspecified atom stereocenters. The number of hydrogen-bond donors (Lipinski definition) is 0. The fourth-order valence-electron chi connectivity index (χ4n) is 3.16. The quantitative estimate of drug-likeness (QED) is 0.178. The maximum absolute atomic E-state index is 6.32. The second-order valence-electron chi connectivity index (χ2n) is 6.80. The van der Waals surface area contributed by atoms with E-state index in [1.54, 1.807) is 20.3 Å². The molecular formula is C23H20Cl2N4O2S2. The van der Waals surface area contributed by atoms with Gasteiger partial charge in [-0.15, -0.1) is 28.1 Å². The molecule has 0 saturated heterocycles. The molecule has 0 aliphatic heterocycles. The van der Waals surface area contributed by atoms with Crippen LogP contribution in [-0.4, -0.2) is 34.0 Å². The van der Waals surface area contributed by atoms with Crippen LogP contribution in [-0.2, 0) is 12.3 Å². The molecule has 0 bridgehead atoms. The average molecular weight is 519 g/mol. The van der Waals surface area contributed by atoms with Crippen LogP contribution in [0, 0.1) is 0 Å². The lowest BCUT2D eigenvalue weighted by molar-refractivity contribution is 0.355. The molecule has 6 nitrogen and oxygen atoms in total. The zero-order chi connectivity index (χ0) is 23.4. The van der Waals surface area contributed by atoms with E-state index in [0.717, 1.165) is 27.0 Å². The summed E-state index contributed by atoms with van der Waals surface area (Å²) in [6.45, 7) is 4.42. The molecule has 0 N–H and O–H groups in total. The molecule has 2 aromatic carbocycles. The second-order valence-corrected chi connectivity index (χ2v) is 9.42. The van der Waals surface area contributed by atoms with Gasteiger partial charge in [0.1, 0.15) is 10.7 Å². The van der Waals surface area contributed by atoms with Crippen molar-refractivity contribution in [1.29, 1.82) is 0 Å². The Morgan fingerprint density at radius 3 is 2.55 bits per heavy atom. The predicted octanol–water partition coefficient (Wildman–Crippen LogP) is 6.87. The monoisotopic (exact) mass is 518 g/mol. The zero-order valence-corrected chi connectivity index (χ0v) is 21.1. The number of nitrogens with zero attached hydrogens (tertiary/aromatic N) is 4. The fourth-order valence-corrected chi connectivity index (χ4v) is 5.65. The normalized spacial score (nSPS) is 10.9. The number of aromatic nitrogens is 4. The standard InChI is InChI=1S/C23H20Cl2N4O2S2/c1-4-10-29-21(27-28-23(29)33-12-15-16(24)6-5-7-17(15)25)18-13-32-22(26-18)14-8-9-19(30-2)20(11-14)31-3/h4-9,11,13H,1,10,12H2,2-3H3. The van der Waals surface area contributed by atoms with E-state index in [4.69, 9.17) is 37.7 Å². The van der Waals surface area contributed by atoms with Gasteiger partial charge in [-0.05, 0) is 35.9 Å². The smallest absolute Gasteiger partial charge is 0.192 e. The molecule has 0 spiro atoms. The minimum absolute atomic E-state index is 0.546. The van der Waals surface area contributed by atoms with E-state index in [-0.39, 0.29) is 0 Å². The number of halogens is 2. The summed E-state index contributed by atoms with van der Waals surface area (Å²) in [5.41, 5.74) is 2.54. The Bertz CT molecular complexity index is 1270. The predicted molar refractivity (Wildman–Crippen MR) is 136 cm³/mol. The minimum Gasteiger partial charge on any atom is -0.493 e. The molecule has 0 amide bonds. The largest absolute Gasteiger partial charge is 0.493 e. The Hall–Kier alpha value is -2.52. The number of thiazole rings is 1. The van der Waals surface area contributed by atoms with Crippen LogP contribution >= 0.6 is 46.3 Å². The van der Waals surface area contributed by atoms with Crippen LogP contribution in [0.3, 0.4) is 0 Å². The third-order valence-electron chi connectivity index (χ3n) is 4.80. The third kappa shape index (κ3) is 5.04. The SMILES string of the molecule is C=CCn1c(SCc2c(Cl)cccc2Cl)nnc1-c1csc(-c2ccc(OC)c(OC)c2)n1. The van der Waals surface area contributed by atoms with Crippen molar-refractivity contribution in [3.8, 4) is 33.6 Å². The lowest BCUT2D eigenvalue weighted by Gasteiger charge is -2.09. The summed E-state index contributed by atoms with van der Waals surface area (Å²) < 4.78 is 12.7. The molecule has 0 aliphatic carbocycles. The summed E-state index contributed by atoms with van der Waals surface area (Å²) in [5.74, 6) is 2.56. The molecule has 0 fully saturated rings. The molecule has 2 heterocycles. The number of ether oxygens (including phenoxy) is 2. The average Bonchev–Trinajstić information content (AvgIpc) is 3.46. The van der Waals surface area contributed by atoms with Gasteiger partial charge >= 0.3 is 0 Å².